The summed E-state index contributed by atoms with van der Waals surface area (Å²) < 4.78 is 5.08. The van der Waals surface area contributed by atoms with Crippen molar-refractivity contribution in [3.05, 3.63) is 47.8 Å². The summed E-state index contributed by atoms with van der Waals surface area (Å²) in [5.41, 5.74) is 1.20. The fraction of sp³-hybridized carbons (Fsp3) is 0.333. The average Bonchev–Trinajstić information content (AvgIpc) is 2.26. The van der Waals surface area contributed by atoms with Gasteiger partial charge in [0.05, 0.1) is 7.11 Å². The molecule has 2 nitrogen and oxygen atoms in total. The smallest absolute Gasteiger partial charge is 0.653 e. The van der Waals surface area contributed by atoms with Crippen LogP contribution in [0.25, 0.3) is 5.32 Å². The van der Waals surface area contributed by atoms with E-state index in [1.54, 1.807) is 13.2 Å². The fourth-order valence-corrected chi connectivity index (χ4v) is 1.22. The molecule has 0 radical (unpaired) electrons. The van der Waals surface area contributed by atoms with Crippen LogP contribution in [-0.2, 0) is 0 Å². The van der Waals surface area contributed by atoms with Gasteiger partial charge in [0.2, 0.25) is 0 Å². The van der Waals surface area contributed by atoms with Gasteiger partial charge < -0.3 is 10.1 Å². The molecule has 0 saturated heterocycles. The standard InChI is InChI=1S/C12H16NO.Li/c1-4-9-13-10(2)11-5-7-12(14-3)8-6-11;/h4-8,10H,1,9H2,2-3H3;/q-1;+1/t10-;/m1./s1. The second kappa shape index (κ2) is 7.59. The number of rotatable bonds is 5. The van der Waals surface area contributed by atoms with Gasteiger partial charge in [0.25, 0.3) is 0 Å². The van der Waals surface area contributed by atoms with Gasteiger partial charge in [-0.25, -0.2) is 0 Å². The summed E-state index contributed by atoms with van der Waals surface area (Å²) in [6, 6.07) is 8.20. The van der Waals surface area contributed by atoms with Gasteiger partial charge in [-0.3, -0.25) is 0 Å². The summed E-state index contributed by atoms with van der Waals surface area (Å²) >= 11 is 0. The average molecular weight is 197 g/mol. The van der Waals surface area contributed by atoms with Crippen LogP contribution in [0, 0.1) is 0 Å². The maximum Gasteiger partial charge on any atom is 1.00 e. The number of methoxy groups -OCH3 is 1. The molecular formula is C12H16LiNO. The molecule has 1 atom stereocenters. The van der Waals surface area contributed by atoms with E-state index in [-0.39, 0.29) is 24.9 Å². The number of hydrogen-bond acceptors (Lipinski definition) is 1. The Morgan fingerprint density at radius 1 is 1.40 bits per heavy atom. The molecule has 76 valence electrons. The van der Waals surface area contributed by atoms with E-state index in [0.29, 0.717) is 6.54 Å². The minimum absolute atomic E-state index is 0. The van der Waals surface area contributed by atoms with Gasteiger partial charge in [-0.05, 0) is 12.1 Å². The molecule has 0 aliphatic rings. The molecule has 1 rings (SSSR count). The molecule has 0 amide bonds. The Kier molecular flexibility index (Phi) is 7.24. The fourth-order valence-electron chi connectivity index (χ4n) is 1.22. The minimum Gasteiger partial charge on any atom is -0.653 e. The maximum atomic E-state index is 5.08. The Hall–Kier alpha value is -0.683. The van der Waals surface area contributed by atoms with Gasteiger partial charge >= 0.3 is 18.9 Å². The number of benzene rings is 1. The van der Waals surface area contributed by atoms with Crippen molar-refractivity contribution in [3.63, 3.8) is 0 Å². The van der Waals surface area contributed by atoms with Gasteiger partial charge in [-0.1, -0.05) is 24.6 Å². The van der Waals surface area contributed by atoms with E-state index >= 15 is 0 Å². The maximum absolute atomic E-state index is 5.08. The molecule has 15 heavy (non-hydrogen) atoms. The Morgan fingerprint density at radius 3 is 2.47 bits per heavy atom. The molecule has 3 heteroatoms. The monoisotopic (exact) mass is 197 g/mol. The normalized spacial score (nSPS) is 11.3. The van der Waals surface area contributed by atoms with Gasteiger partial charge in [-0.15, -0.1) is 25.2 Å². The summed E-state index contributed by atoms with van der Waals surface area (Å²) in [4.78, 5) is 0. The molecular weight excluding hydrogens is 181 g/mol. The van der Waals surface area contributed by atoms with E-state index in [2.05, 4.69) is 18.8 Å². The first-order valence-corrected chi connectivity index (χ1v) is 4.69. The first-order valence-electron chi connectivity index (χ1n) is 4.69. The molecule has 0 N–H and O–H groups in total. The predicted molar refractivity (Wildman–Crippen MR) is 59.8 cm³/mol. The zero-order valence-corrected chi connectivity index (χ0v) is 9.73. The van der Waals surface area contributed by atoms with Crippen LogP contribution in [0.5, 0.6) is 5.75 Å². The Balaban J connectivity index is 0.00000196. The summed E-state index contributed by atoms with van der Waals surface area (Å²) in [6.45, 7) is 6.42. The molecule has 0 heterocycles. The second-order valence-electron chi connectivity index (χ2n) is 3.10. The van der Waals surface area contributed by atoms with Crippen LogP contribution in [0.1, 0.15) is 18.5 Å². The van der Waals surface area contributed by atoms with E-state index in [4.69, 9.17) is 4.74 Å². The van der Waals surface area contributed by atoms with Crippen molar-refractivity contribution in [3.8, 4) is 5.75 Å². The molecule has 0 aromatic heterocycles. The third-order valence-corrected chi connectivity index (χ3v) is 2.11. The molecule has 1 aromatic carbocycles. The molecule has 0 unspecified atom stereocenters. The quantitative estimate of drug-likeness (QED) is 0.492. The number of hydrogen-bond donors (Lipinski definition) is 0. The molecule has 0 aliphatic carbocycles. The largest absolute Gasteiger partial charge is 1.00 e. The molecule has 0 saturated carbocycles. The third-order valence-electron chi connectivity index (χ3n) is 2.11. The Labute approximate surface area is 104 Å². The molecule has 0 aliphatic heterocycles. The summed E-state index contributed by atoms with van der Waals surface area (Å²) in [5, 5.41) is 4.41. The van der Waals surface area contributed by atoms with Crippen LogP contribution in [0.3, 0.4) is 0 Å². The first kappa shape index (κ1) is 14.3. The minimum atomic E-state index is 0. The van der Waals surface area contributed by atoms with Crippen molar-refractivity contribution in [1.82, 2.24) is 0 Å². The molecule has 0 spiro atoms. The van der Waals surface area contributed by atoms with Gasteiger partial charge in [0.15, 0.2) is 0 Å². The summed E-state index contributed by atoms with van der Waals surface area (Å²) in [6.07, 6.45) is 1.81. The summed E-state index contributed by atoms with van der Waals surface area (Å²) in [5.74, 6) is 0.879. The zero-order valence-electron chi connectivity index (χ0n) is 9.73. The second-order valence-corrected chi connectivity index (χ2v) is 3.10. The zero-order chi connectivity index (χ0) is 10.4. The van der Waals surface area contributed by atoms with Crippen molar-refractivity contribution in [2.45, 2.75) is 13.0 Å². The SMILES string of the molecule is C=CC[N-][C@H](C)c1ccc(OC)cc1.[Li+]. The van der Waals surface area contributed by atoms with Crippen molar-refractivity contribution in [2.24, 2.45) is 0 Å². The van der Waals surface area contributed by atoms with Crippen LogP contribution >= 0.6 is 0 Å². The Morgan fingerprint density at radius 2 is 2.00 bits per heavy atom. The van der Waals surface area contributed by atoms with E-state index in [1.807, 2.05) is 24.3 Å². The Bertz CT molecular complexity index is 284. The first-order chi connectivity index (χ1) is 6.77. The van der Waals surface area contributed by atoms with E-state index in [9.17, 15) is 0 Å². The van der Waals surface area contributed by atoms with E-state index in [1.165, 1.54) is 5.56 Å². The van der Waals surface area contributed by atoms with Crippen LogP contribution in [0.2, 0.25) is 0 Å². The van der Waals surface area contributed by atoms with Crippen LogP contribution < -0.4 is 23.6 Å². The topological polar surface area (TPSA) is 23.3 Å². The molecule has 0 fully saturated rings. The van der Waals surface area contributed by atoms with Crippen molar-refractivity contribution >= 4 is 0 Å². The van der Waals surface area contributed by atoms with E-state index in [0.717, 1.165) is 5.75 Å². The molecule has 0 bridgehead atoms. The molecule has 1 aromatic rings. The predicted octanol–water partition coefficient (Wildman–Crippen LogP) is 0.320. The van der Waals surface area contributed by atoms with Gasteiger partial charge in [0, 0.05) is 0 Å². The van der Waals surface area contributed by atoms with Crippen LogP contribution in [0.15, 0.2) is 36.9 Å². The van der Waals surface area contributed by atoms with Gasteiger partial charge in [-0.2, -0.15) is 0 Å². The van der Waals surface area contributed by atoms with Crippen molar-refractivity contribution in [2.75, 3.05) is 13.7 Å². The third kappa shape index (κ3) is 4.57. The van der Waals surface area contributed by atoms with Crippen LogP contribution in [0.4, 0.5) is 0 Å². The number of ether oxygens (including phenoxy) is 1. The number of nitrogens with zero attached hydrogens (tertiary/aromatic N) is 1. The van der Waals surface area contributed by atoms with Gasteiger partial charge in [0.1, 0.15) is 5.75 Å². The van der Waals surface area contributed by atoms with Crippen LogP contribution in [-0.4, -0.2) is 13.7 Å². The summed E-state index contributed by atoms with van der Waals surface area (Å²) in [7, 11) is 1.67. The van der Waals surface area contributed by atoms with Crippen molar-refractivity contribution in [1.29, 1.82) is 0 Å². The van der Waals surface area contributed by atoms with E-state index < -0.39 is 0 Å². The van der Waals surface area contributed by atoms with Crippen molar-refractivity contribution < 1.29 is 23.6 Å².